The first-order chi connectivity index (χ1) is 20.2. The largest absolute Gasteiger partial charge is 0.490 e. The van der Waals surface area contributed by atoms with Crippen LogP contribution in [-0.4, -0.2) is 33.7 Å². The number of carbonyl (C=O) groups excluding carboxylic acids is 1. The van der Waals surface area contributed by atoms with Gasteiger partial charge in [-0.15, -0.1) is 0 Å². The van der Waals surface area contributed by atoms with Gasteiger partial charge in [-0.05, 0) is 91.6 Å². The molecule has 42 heavy (non-hydrogen) atoms. The lowest BCUT2D eigenvalue weighted by Crippen LogP contribution is -2.40. The van der Waals surface area contributed by atoms with Crippen LogP contribution >= 0.6 is 11.6 Å². The number of ether oxygens (including phenoxy) is 2. The molecule has 0 saturated heterocycles. The molecule has 0 saturated carbocycles. The number of sulfonamides is 1. The highest BCUT2D eigenvalue weighted by Gasteiger charge is 2.28. The Hall–Kier alpha value is -4.34. The molecule has 4 rings (SSSR count). The second-order valence-electron chi connectivity index (χ2n) is 9.46. The van der Waals surface area contributed by atoms with Crippen LogP contribution in [0.4, 0.5) is 5.69 Å². The van der Waals surface area contributed by atoms with Crippen molar-refractivity contribution in [1.82, 2.24) is 5.43 Å². The molecule has 0 bridgehead atoms. The van der Waals surface area contributed by atoms with Crippen LogP contribution < -0.4 is 19.2 Å². The fourth-order valence-electron chi connectivity index (χ4n) is 4.09. The van der Waals surface area contributed by atoms with Crippen molar-refractivity contribution in [2.24, 2.45) is 5.10 Å². The molecular formula is C32H32ClN3O5S. The van der Waals surface area contributed by atoms with Gasteiger partial charge >= 0.3 is 0 Å². The van der Waals surface area contributed by atoms with Gasteiger partial charge in [0.2, 0.25) is 0 Å². The summed E-state index contributed by atoms with van der Waals surface area (Å²) in [5, 5.41) is 4.71. The molecule has 0 heterocycles. The van der Waals surface area contributed by atoms with Crippen molar-refractivity contribution < 1.29 is 22.7 Å². The fourth-order valence-corrected chi connectivity index (χ4v) is 5.71. The Kier molecular flexibility index (Phi) is 10.2. The van der Waals surface area contributed by atoms with E-state index >= 15 is 0 Å². The lowest BCUT2D eigenvalue weighted by atomic mass is 10.1. The van der Waals surface area contributed by atoms with Crippen molar-refractivity contribution in [1.29, 1.82) is 0 Å². The summed E-state index contributed by atoms with van der Waals surface area (Å²) < 4.78 is 40.0. The number of hydrogen-bond acceptors (Lipinski definition) is 6. The summed E-state index contributed by atoms with van der Waals surface area (Å²) in [5.41, 5.74) is 6.07. The Balaban J connectivity index is 1.48. The Morgan fingerprint density at radius 3 is 2.38 bits per heavy atom. The molecule has 0 fully saturated rings. The quantitative estimate of drug-likeness (QED) is 0.151. The Labute approximate surface area is 251 Å². The van der Waals surface area contributed by atoms with Gasteiger partial charge in [-0.3, -0.25) is 9.10 Å². The second-order valence-corrected chi connectivity index (χ2v) is 11.8. The van der Waals surface area contributed by atoms with Gasteiger partial charge in [-0.25, -0.2) is 13.8 Å². The average Bonchev–Trinajstić information content (AvgIpc) is 2.98. The van der Waals surface area contributed by atoms with Crippen molar-refractivity contribution in [3.8, 4) is 11.5 Å². The van der Waals surface area contributed by atoms with Gasteiger partial charge in [0.05, 0.1) is 23.4 Å². The Morgan fingerprint density at radius 2 is 1.67 bits per heavy atom. The number of carbonyl (C=O) groups is 1. The summed E-state index contributed by atoms with van der Waals surface area (Å²) in [7, 11) is -4.03. The van der Waals surface area contributed by atoms with Gasteiger partial charge in [-0.1, -0.05) is 54.1 Å². The number of amides is 1. The molecule has 8 nitrogen and oxygen atoms in total. The number of nitrogens with one attached hydrogen (secondary N) is 1. The van der Waals surface area contributed by atoms with E-state index in [2.05, 4.69) is 10.5 Å². The predicted molar refractivity (Wildman–Crippen MR) is 166 cm³/mol. The summed E-state index contributed by atoms with van der Waals surface area (Å²) in [6, 6.07) is 26.2. The zero-order valence-corrected chi connectivity index (χ0v) is 25.2. The zero-order chi connectivity index (χ0) is 30.1. The lowest BCUT2D eigenvalue weighted by Gasteiger charge is -2.25. The number of benzene rings is 4. The molecular weight excluding hydrogens is 574 g/mol. The number of nitrogens with zero attached hydrogens (tertiary/aromatic N) is 2. The number of halogens is 1. The van der Waals surface area contributed by atoms with E-state index in [0.29, 0.717) is 41.0 Å². The van der Waals surface area contributed by atoms with Crippen LogP contribution in [0, 0.1) is 13.8 Å². The molecule has 0 spiro atoms. The first kappa shape index (κ1) is 30.6. The summed E-state index contributed by atoms with van der Waals surface area (Å²) in [6.07, 6.45) is 1.46. The summed E-state index contributed by atoms with van der Waals surface area (Å²) >= 11 is 5.96. The third-order valence-corrected chi connectivity index (χ3v) is 8.26. The van der Waals surface area contributed by atoms with Gasteiger partial charge in [0.15, 0.2) is 11.5 Å². The minimum absolute atomic E-state index is 0.0871. The van der Waals surface area contributed by atoms with Crippen LogP contribution in [-0.2, 0) is 21.4 Å². The first-order valence-corrected chi connectivity index (χ1v) is 15.1. The SMILES string of the molecule is CCOc1cc(/C=N\NC(=O)CN(c2cc(C)ccc2C)S(=O)(=O)c2ccccc2)ccc1OCc1ccc(Cl)cc1. The Bertz CT molecular complexity index is 1660. The minimum atomic E-state index is -4.03. The minimum Gasteiger partial charge on any atom is -0.490 e. The third-order valence-electron chi connectivity index (χ3n) is 6.23. The van der Waals surface area contributed by atoms with E-state index in [1.807, 2.05) is 38.1 Å². The molecule has 0 aliphatic heterocycles. The van der Waals surface area contributed by atoms with E-state index in [1.165, 1.54) is 18.3 Å². The molecule has 0 radical (unpaired) electrons. The van der Waals surface area contributed by atoms with Crippen molar-refractivity contribution in [2.45, 2.75) is 32.3 Å². The van der Waals surface area contributed by atoms with Gasteiger partial charge in [0, 0.05) is 5.02 Å². The first-order valence-electron chi connectivity index (χ1n) is 13.3. The number of rotatable bonds is 12. The van der Waals surface area contributed by atoms with Crippen LogP contribution in [0.1, 0.15) is 29.2 Å². The van der Waals surface area contributed by atoms with Crippen molar-refractivity contribution in [2.75, 3.05) is 17.5 Å². The van der Waals surface area contributed by atoms with Crippen LogP contribution in [0.25, 0.3) is 0 Å². The van der Waals surface area contributed by atoms with E-state index in [1.54, 1.807) is 61.5 Å². The highest BCUT2D eigenvalue weighted by molar-refractivity contribution is 7.92. The molecule has 0 atom stereocenters. The molecule has 1 N–H and O–H groups in total. The van der Waals surface area contributed by atoms with Crippen molar-refractivity contribution >= 4 is 39.4 Å². The Morgan fingerprint density at radius 1 is 0.929 bits per heavy atom. The predicted octanol–water partition coefficient (Wildman–Crippen LogP) is 6.28. The number of aryl methyl sites for hydroxylation is 2. The van der Waals surface area contributed by atoms with E-state index < -0.39 is 22.5 Å². The van der Waals surface area contributed by atoms with Crippen LogP contribution in [0.5, 0.6) is 11.5 Å². The van der Waals surface area contributed by atoms with Gasteiger partial charge < -0.3 is 9.47 Å². The zero-order valence-electron chi connectivity index (χ0n) is 23.6. The normalized spacial score (nSPS) is 11.3. The molecule has 4 aromatic carbocycles. The van der Waals surface area contributed by atoms with Crippen LogP contribution in [0.3, 0.4) is 0 Å². The van der Waals surface area contributed by atoms with E-state index in [4.69, 9.17) is 21.1 Å². The van der Waals surface area contributed by atoms with E-state index in [0.717, 1.165) is 21.0 Å². The van der Waals surface area contributed by atoms with Crippen molar-refractivity contribution in [3.63, 3.8) is 0 Å². The molecule has 0 aliphatic carbocycles. The number of hydrogen-bond donors (Lipinski definition) is 1. The number of anilines is 1. The highest BCUT2D eigenvalue weighted by Crippen LogP contribution is 2.30. The van der Waals surface area contributed by atoms with Gasteiger partial charge in [0.1, 0.15) is 13.2 Å². The molecule has 218 valence electrons. The number of hydrazone groups is 1. The molecule has 0 aliphatic rings. The van der Waals surface area contributed by atoms with Gasteiger partial charge in [0.25, 0.3) is 15.9 Å². The standard InChI is InChI=1S/C32H32ClN3O5S/c1-4-40-31-19-26(14-17-30(31)41-22-25-12-15-27(33)16-13-25)20-34-35-32(37)21-36(29-18-23(2)10-11-24(29)3)42(38,39)28-8-6-5-7-9-28/h5-20H,4,21-22H2,1-3H3,(H,35,37)/b34-20-. The second kappa shape index (κ2) is 14.0. The maximum Gasteiger partial charge on any atom is 0.264 e. The van der Waals surface area contributed by atoms with Crippen molar-refractivity contribution in [3.05, 3.63) is 118 Å². The lowest BCUT2D eigenvalue weighted by molar-refractivity contribution is -0.119. The monoisotopic (exact) mass is 605 g/mol. The maximum absolute atomic E-state index is 13.6. The fraction of sp³-hybridized carbons (Fsp3) is 0.188. The maximum atomic E-state index is 13.6. The summed E-state index contributed by atoms with van der Waals surface area (Å²) in [6.45, 7) is 5.85. The smallest absolute Gasteiger partial charge is 0.264 e. The molecule has 10 heteroatoms. The van der Waals surface area contributed by atoms with E-state index in [-0.39, 0.29) is 4.90 Å². The molecule has 4 aromatic rings. The highest BCUT2D eigenvalue weighted by atomic mass is 35.5. The van der Waals surface area contributed by atoms with Crippen LogP contribution in [0.15, 0.2) is 101 Å². The molecule has 0 aromatic heterocycles. The summed E-state index contributed by atoms with van der Waals surface area (Å²) in [4.78, 5) is 13.1. The summed E-state index contributed by atoms with van der Waals surface area (Å²) in [5.74, 6) is 0.486. The average molecular weight is 606 g/mol. The molecule has 1 amide bonds. The van der Waals surface area contributed by atoms with Crippen LogP contribution in [0.2, 0.25) is 5.02 Å². The molecule has 0 unspecified atom stereocenters. The topological polar surface area (TPSA) is 97.3 Å². The third kappa shape index (κ3) is 7.90. The van der Waals surface area contributed by atoms with Gasteiger partial charge in [-0.2, -0.15) is 5.10 Å². The van der Waals surface area contributed by atoms with E-state index in [9.17, 15) is 13.2 Å².